The Morgan fingerprint density at radius 2 is 1.93 bits per heavy atom. The van der Waals surface area contributed by atoms with E-state index in [9.17, 15) is 13.2 Å². The number of ether oxygens (including phenoxy) is 1. The van der Waals surface area contributed by atoms with Gasteiger partial charge < -0.3 is 9.64 Å². The third-order valence-electron chi connectivity index (χ3n) is 6.67. The minimum atomic E-state index is -0.855. The summed E-state index contributed by atoms with van der Waals surface area (Å²) < 4.78 is 48.9. The van der Waals surface area contributed by atoms with Gasteiger partial charge in [0.2, 0.25) is 0 Å². The van der Waals surface area contributed by atoms with Crippen LogP contribution in [-0.4, -0.2) is 59.4 Å². The van der Waals surface area contributed by atoms with Gasteiger partial charge in [0.05, 0.1) is 10.0 Å². The average Bonchev–Trinajstić information content (AvgIpc) is 3.27. The molecule has 9 heteroatoms. The van der Waals surface area contributed by atoms with Crippen LogP contribution in [-0.2, 0) is 0 Å². The molecule has 2 aromatic rings. The first-order chi connectivity index (χ1) is 14.5. The van der Waals surface area contributed by atoms with Gasteiger partial charge in [-0.25, -0.2) is 13.2 Å². The Balaban J connectivity index is 1.52. The number of halogens is 4. The molecule has 2 atom stereocenters. The zero-order chi connectivity index (χ0) is 20.9. The molecule has 4 heterocycles. The summed E-state index contributed by atoms with van der Waals surface area (Å²) in [5, 5.41) is 0.341. The van der Waals surface area contributed by atoms with Crippen molar-refractivity contribution in [2.24, 2.45) is 0 Å². The Morgan fingerprint density at radius 3 is 2.73 bits per heavy atom. The monoisotopic (exact) mass is 484 g/mol. The molecule has 3 saturated heterocycles. The highest BCUT2D eigenvalue weighted by Crippen LogP contribution is 2.41. The smallest absolute Gasteiger partial charge is 0.319 e. The second kappa shape index (κ2) is 7.82. The van der Waals surface area contributed by atoms with Crippen LogP contribution in [0.2, 0.25) is 0 Å². The molecule has 1 aromatic heterocycles. The highest BCUT2D eigenvalue weighted by Gasteiger charge is 2.49. The molecular formula is C21H24BrF3N4O. The van der Waals surface area contributed by atoms with Crippen LogP contribution in [0.3, 0.4) is 0 Å². The summed E-state index contributed by atoms with van der Waals surface area (Å²) in [5.41, 5.74) is -0.310. The van der Waals surface area contributed by atoms with E-state index in [-0.39, 0.29) is 28.1 Å². The third kappa shape index (κ3) is 3.43. The molecule has 0 unspecified atom stereocenters. The number of anilines is 1. The summed E-state index contributed by atoms with van der Waals surface area (Å²) in [6.45, 7) is 3.10. The number of benzene rings is 1. The van der Waals surface area contributed by atoms with Crippen LogP contribution in [0.4, 0.5) is 19.0 Å². The van der Waals surface area contributed by atoms with E-state index >= 15 is 0 Å². The van der Waals surface area contributed by atoms with Crippen LogP contribution in [0.1, 0.15) is 38.5 Å². The lowest BCUT2D eigenvalue weighted by Crippen LogP contribution is -2.43. The summed E-state index contributed by atoms with van der Waals surface area (Å²) >= 11 is 2.97. The number of hydrogen-bond acceptors (Lipinski definition) is 5. The Bertz CT molecular complexity index is 971. The molecule has 0 amide bonds. The van der Waals surface area contributed by atoms with Gasteiger partial charge in [0, 0.05) is 31.4 Å². The zero-order valence-corrected chi connectivity index (χ0v) is 18.2. The van der Waals surface area contributed by atoms with Gasteiger partial charge in [-0.2, -0.15) is 9.97 Å². The quantitative estimate of drug-likeness (QED) is 0.592. The van der Waals surface area contributed by atoms with E-state index in [1.807, 2.05) is 4.90 Å². The maximum atomic E-state index is 14.9. The van der Waals surface area contributed by atoms with Gasteiger partial charge in [0.15, 0.2) is 5.82 Å². The number of aromatic nitrogens is 2. The topological polar surface area (TPSA) is 41.5 Å². The Kier molecular flexibility index (Phi) is 5.29. The summed E-state index contributed by atoms with van der Waals surface area (Å²) in [4.78, 5) is 13.0. The molecule has 162 valence electrons. The minimum absolute atomic E-state index is 0.0319. The predicted octanol–water partition coefficient (Wildman–Crippen LogP) is 4.62. The second-order valence-electron chi connectivity index (χ2n) is 8.62. The van der Waals surface area contributed by atoms with E-state index in [0.29, 0.717) is 24.2 Å². The lowest BCUT2D eigenvalue weighted by atomic mass is 9.95. The fourth-order valence-corrected chi connectivity index (χ4v) is 5.50. The van der Waals surface area contributed by atoms with Crippen molar-refractivity contribution >= 4 is 32.7 Å². The van der Waals surface area contributed by atoms with E-state index in [1.165, 1.54) is 6.07 Å². The molecule has 1 aromatic carbocycles. The SMILES string of the molecule is Fc1cc2c(N3CCCCC3)nc(OC[C@@]34CCCN3C[C@H](F)C4)nc2c(F)c1Br. The van der Waals surface area contributed by atoms with Gasteiger partial charge in [0.25, 0.3) is 0 Å². The number of alkyl halides is 1. The Labute approximate surface area is 181 Å². The molecule has 0 saturated carbocycles. The van der Waals surface area contributed by atoms with Gasteiger partial charge in [0.1, 0.15) is 29.9 Å². The standard InChI is InChI=1S/C21H24BrF3N4O/c22-16-15(24)9-14-18(17(16)25)26-20(27-19(14)28-6-2-1-3-7-28)30-12-21-5-4-8-29(21)11-13(23)10-21/h9,13H,1-8,10-12H2/t13-,21+/m1/s1. The Hall–Kier alpha value is -1.61. The fourth-order valence-electron chi connectivity index (χ4n) is 5.20. The fraction of sp³-hybridized carbons (Fsp3) is 0.619. The van der Waals surface area contributed by atoms with E-state index in [1.54, 1.807) is 0 Å². The lowest BCUT2D eigenvalue weighted by molar-refractivity contribution is 0.107. The van der Waals surface area contributed by atoms with E-state index < -0.39 is 17.8 Å². The first kappa shape index (κ1) is 20.3. The number of piperidine rings is 1. The maximum absolute atomic E-state index is 14.9. The molecule has 3 aliphatic rings. The van der Waals surface area contributed by atoms with Crippen molar-refractivity contribution in [1.29, 1.82) is 0 Å². The van der Waals surface area contributed by atoms with Crippen LogP contribution in [0.5, 0.6) is 6.01 Å². The van der Waals surface area contributed by atoms with E-state index in [0.717, 1.165) is 51.7 Å². The minimum Gasteiger partial charge on any atom is -0.461 e. The summed E-state index contributed by atoms with van der Waals surface area (Å²) in [5.74, 6) is -0.952. The Morgan fingerprint density at radius 1 is 1.13 bits per heavy atom. The second-order valence-corrected chi connectivity index (χ2v) is 9.42. The van der Waals surface area contributed by atoms with Gasteiger partial charge in [-0.3, -0.25) is 4.90 Å². The van der Waals surface area contributed by atoms with Crippen molar-refractivity contribution in [2.45, 2.75) is 50.2 Å². The highest BCUT2D eigenvalue weighted by molar-refractivity contribution is 9.10. The van der Waals surface area contributed by atoms with Crippen molar-refractivity contribution in [3.63, 3.8) is 0 Å². The molecule has 0 aliphatic carbocycles. The summed E-state index contributed by atoms with van der Waals surface area (Å²) in [6, 6.07) is 1.34. The van der Waals surface area contributed by atoms with Gasteiger partial charge >= 0.3 is 6.01 Å². The molecule has 0 bridgehead atoms. The predicted molar refractivity (Wildman–Crippen MR) is 112 cm³/mol. The van der Waals surface area contributed by atoms with Crippen molar-refractivity contribution in [2.75, 3.05) is 37.7 Å². The van der Waals surface area contributed by atoms with Crippen LogP contribution in [0.15, 0.2) is 10.5 Å². The van der Waals surface area contributed by atoms with Crippen molar-refractivity contribution in [3.8, 4) is 6.01 Å². The normalized spacial score (nSPS) is 27.1. The number of rotatable bonds is 4. The number of fused-ring (bicyclic) bond motifs is 2. The van der Waals surface area contributed by atoms with Gasteiger partial charge in [-0.1, -0.05) is 0 Å². The van der Waals surface area contributed by atoms with Crippen molar-refractivity contribution < 1.29 is 17.9 Å². The van der Waals surface area contributed by atoms with Crippen LogP contribution >= 0.6 is 15.9 Å². The largest absolute Gasteiger partial charge is 0.461 e. The molecule has 5 nitrogen and oxygen atoms in total. The molecule has 0 N–H and O–H groups in total. The number of nitrogens with zero attached hydrogens (tertiary/aromatic N) is 4. The molecule has 0 spiro atoms. The zero-order valence-electron chi connectivity index (χ0n) is 16.6. The maximum Gasteiger partial charge on any atom is 0.319 e. The first-order valence-electron chi connectivity index (χ1n) is 10.6. The summed E-state index contributed by atoms with van der Waals surface area (Å²) in [7, 11) is 0. The first-order valence-corrected chi connectivity index (χ1v) is 11.4. The molecule has 3 fully saturated rings. The van der Waals surface area contributed by atoms with E-state index in [2.05, 4.69) is 30.8 Å². The third-order valence-corrected chi connectivity index (χ3v) is 7.40. The molecule has 5 rings (SSSR count). The van der Waals surface area contributed by atoms with Gasteiger partial charge in [-0.05, 0) is 60.6 Å². The highest BCUT2D eigenvalue weighted by atomic mass is 79.9. The molecule has 3 aliphatic heterocycles. The summed E-state index contributed by atoms with van der Waals surface area (Å²) in [6.07, 6.45) is 4.58. The van der Waals surface area contributed by atoms with Crippen molar-refractivity contribution in [1.82, 2.24) is 14.9 Å². The van der Waals surface area contributed by atoms with Crippen LogP contribution < -0.4 is 9.64 Å². The van der Waals surface area contributed by atoms with Gasteiger partial charge in [-0.15, -0.1) is 0 Å². The molecule has 30 heavy (non-hydrogen) atoms. The van der Waals surface area contributed by atoms with Crippen molar-refractivity contribution in [3.05, 3.63) is 22.2 Å². The lowest BCUT2D eigenvalue weighted by Gasteiger charge is -2.31. The van der Waals surface area contributed by atoms with Crippen LogP contribution in [0.25, 0.3) is 10.9 Å². The van der Waals surface area contributed by atoms with Crippen LogP contribution in [0, 0.1) is 11.6 Å². The average molecular weight is 485 g/mol. The molecular weight excluding hydrogens is 461 g/mol. The van der Waals surface area contributed by atoms with E-state index in [4.69, 9.17) is 4.74 Å². The number of hydrogen-bond donors (Lipinski definition) is 0. The molecule has 0 radical (unpaired) electrons.